The Labute approximate surface area is 131 Å². The molecule has 0 saturated carbocycles. The number of carboxylic acids is 1. The van der Waals surface area contributed by atoms with Crippen molar-refractivity contribution in [1.82, 2.24) is 5.32 Å². The molecule has 0 fully saturated rings. The SMILES string of the molecule is Cc1cc(C)c(C)c(OCC(=O)NCCCCCC(=O)O)c1. The molecular weight excluding hydrogens is 282 g/mol. The van der Waals surface area contributed by atoms with Crippen molar-refractivity contribution < 1.29 is 19.4 Å². The highest BCUT2D eigenvalue weighted by atomic mass is 16.5. The van der Waals surface area contributed by atoms with Gasteiger partial charge in [-0.3, -0.25) is 9.59 Å². The van der Waals surface area contributed by atoms with Crippen LogP contribution in [-0.4, -0.2) is 30.1 Å². The van der Waals surface area contributed by atoms with Crippen LogP contribution < -0.4 is 10.1 Å². The zero-order valence-corrected chi connectivity index (χ0v) is 13.6. The summed E-state index contributed by atoms with van der Waals surface area (Å²) in [6.45, 7) is 6.54. The second-order valence-corrected chi connectivity index (χ2v) is 5.55. The van der Waals surface area contributed by atoms with Crippen LogP contribution in [0.1, 0.15) is 42.4 Å². The third kappa shape index (κ3) is 6.61. The molecule has 0 spiro atoms. The molecule has 5 nitrogen and oxygen atoms in total. The second kappa shape index (κ2) is 9.07. The molecule has 0 atom stereocenters. The third-order valence-corrected chi connectivity index (χ3v) is 3.51. The van der Waals surface area contributed by atoms with Gasteiger partial charge in [-0.25, -0.2) is 0 Å². The summed E-state index contributed by atoms with van der Waals surface area (Å²) < 4.78 is 5.58. The summed E-state index contributed by atoms with van der Waals surface area (Å²) in [7, 11) is 0. The fraction of sp³-hybridized carbons (Fsp3) is 0.529. The van der Waals surface area contributed by atoms with Gasteiger partial charge >= 0.3 is 5.97 Å². The summed E-state index contributed by atoms with van der Waals surface area (Å²) in [4.78, 5) is 22.1. The first-order valence-corrected chi connectivity index (χ1v) is 7.59. The van der Waals surface area contributed by atoms with Crippen molar-refractivity contribution in [2.75, 3.05) is 13.2 Å². The number of carbonyl (C=O) groups excluding carboxylic acids is 1. The Morgan fingerprint density at radius 2 is 1.86 bits per heavy atom. The standard InChI is InChI=1S/C17H25NO4/c1-12-9-13(2)14(3)15(10-12)22-11-16(19)18-8-6-4-5-7-17(20)21/h9-10H,4-8,11H2,1-3H3,(H,18,19)(H,20,21). The Morgan fingerprint density at radius 3 is 2.55 bits per heavy atom. The zero-order chi connectivity index (χ0) is 16.5. The summed E-state index contributed by atoms with van der Waals surface area (Å²) in [5.74, 6) is -0.188. The predicted molar refractivity (Wildman–Crippen MR) is 85.3 cm³/mol. The molecule has 22 heavy (non-hydrogen) atoms. The fourth-order valence-corrected chi connectivity index (χ4v) is 2.15. The van der Waals surface area contributed by atoms with Gasteiger partial charge in [0, 0.05) is 13.0 Å². The Morgan fingerprint density at radius 1 is 1.14 bits per heavy atom. The highest BCUT2D eigenvalue weighted by Gasteiger charge is 2.07. The molecule has 2 N–H and O–H groups in total. The van der Waals surface area contributed by atoms with E-state index in [4.69, 9.17) is 9.84 Å². The number of benzene rings is 1. The minimum absolute atomic E-state index is 0.00113. The van der Waals surface area contributed by atoms with Crippen LogP contribution in [0.5, 0.6) is 5.75 Å². The van der Waals surface area contributed by atoms with Crippen molar-refractivity contribution >= 4 is 11.9 Å². The molecule has 1 aromatic carbocycles. The average molecular weight is 307 g/mol. The molecule has 0 aliphatic rings. The maximum absolute atomic E-state index is 11.7. The molecule has 0 aliphatic heterocycles. The van der Waals surface area contributed by atoms with Gasteiger partial charge in [0.05, 0.1) is 0 Å². The van der Waals surface area contributed by atoms with Crippen LogP contribution in [0, 0.1) is 20.8 Å². The predicted octanol–water partition coefficient (Wildman–Crippen LogP) is 2.75. The van der Waals surface area contributed by atoms with Gasteiger partial charge in [-0.05, 0) is 56.4 Å². The molecule has 0 heterocycles. The minimum Gasteiger partial charge on any atom is -0.483 e. The molecule has 0 aromatic heterocycles. The van der Waals surface area contributed by atoms with Crippen LogP contribution in [0.25, 0.3) is 0 Å². The number of rotatable bonds is 9. The first kappa shape index (κ1) is 18.0. The minimum atomic E-state index is -0.777. The number of nitrogens with one attached hydrogen (secondary N) is 1. The molecule has 0 unspecified atom stereocenters. The average Bonchev–Trinajstić information content (AvgIpc) is 2.44. The van der Waals surface area contributed by atoms with Crippen molar-refractivity contribution in [3.05, 3.63) is 28.8 Å². The van der Waals surface area contributed by atoms with Crippen LogP contribution in [0.15, 0.2) is 12.1 Å². The van der Waals surface area contributed by atoms with Gasteiger partial charge < -0.3 is 15.2 Å². The molecule has 0 radical (unpaired) electrons. The van der Waals surface area contributed by atoms with Gasteiger partial charge in [-0.1, -0.05) is 12.5 Å². The van der Waals surface area contributed by atoms with E-state index >= 15 is 0 Å². The molecule has 5 heteroatoms. The molecule has 0 saturated heterocycles. The Balaban J connectivity index is 2.25. The van der Waals surface area contributed by atoms with Gasteiger partial charge in [0.15, 0.2) is 6.61 Å². The zero-order valence-electron chi connectivity index (χ0n) is 13.6. The van der Waals surface area contributed by atoms with E-state index in [9.17, 15) is 9.59 Å². The first-order valence-electron chi connectivity index (χ1n) is 7.59. The van der Waals surface area contributed by atoms with Crippen LogP contribution in [0.4, 0.5) is 0 Å². The smallest absolute Gasteiger partial charge is 0.303 e. The topological polar surface area (TPSA) is 75.6 Å². The van der Waals surface area contributed by atoms with Crippen molar-refractivity contribution in [3.63, 3.8) is 0 Å². The highest BCUT2D eigenvalue weighted by molar-refractivity contribution is 5.77. The van der Waals surface area contributed by atoms with Gasteiger partial charge in [-0.15, -0.1) is 0 Å². The lowest BCUT2D eigenvalue weighted by Gasteiger charge is -2.12. The summed E-state index contributed by atoms with van der Waals surface area (Å²) in [6, 6.07) is 4.01. The van der Waals surface area contributed by atoms with Crippen molar-refractivity contribution in [2.24, 2.45) is 0 Å². The Bertz CT molecular complexity index is 526. The summed E-state index contributed by atoms with van der Waals surface area (Å²) in [6.07, 6.45) is 2.40. The van der Waals surface area contributed by atoms with E-state index in [0.717, 1.165) is 35.3 Å². The van der Waals surface area contributed by atoms with Crippen LogP contribution >= 0.6 is 0 Å². The Hall–Kier alpha value is -2.04. The fourth-order valence-electron chi connectivity index (χ4n) is 2.15. The summed E-state index contributed by atoms with van der Waals surface area (Å²) in [5.41, 5.74) is 3.30. The van der Waals surface area contributed by atoms with Crippen LogP contribution in [-0.2, 0) is 9.59 Å². The summed E-state index contributed by atoms with van der Waals surface area (Å²) in [5, 5.41) is 11.3. The van der Waals surface area contributed by atoms with E-state index in [-0.39, 0.29) is 18.9 Å². The van der Waals surface area contributed by atoms with E-state index in [1.165, 1.54) is 0 Å². The highest BCUT2D eigenvalue weighted by Crippen LogP contribution is 2.23. The van der Waals surface area contributed by atoms with Crippen LogP contribution in [0.3, 0.4) is 0 Å². The molecule has 0 bridgehead atoms. The number of aryl methyl sites for hydroxylation is 2. The lowest BCUT2D eigenvalue weighted by molar-refractivity contribution is -0.137. The van der Waals surface area contributed by atoms with E-state index in [1.54, 1.807) is 0 Å². The van der Waals surface area contributed by atoms with E-state index < -0.39 is 5.97 Å². The maximum Gasteiger partial charge on any atom is 0.303 e. The molecule has 1 aromatic rings. The van der Waals surface area contributed by atoms with Gasteiger partial charge in [-0.2, -0.15) is 0 Å². The lowest BCUT2D eigenvalue weighted by Crippen LogP contribution is -2.29. The maximum atomic E-state index is 11.7. The number of carboxylic acid groups (broad SMARTS) is 1. The number of hydrogen-bond acceptors (Lipinski definition) is 3. The van der Waals surface area contributed by atoms with Crippen molar-refractivity contribution in [3.8, 4) is 5.75 Å². The number of aliphatic carboxylic acids is 1. The number of hydrogen-bond donors (Lipinski definition) is 2. The molecule has 1 rings (SSSR count). The van der Waals surface area contributed by atoms with Crippen LogP contribution in [0.2, 0.25) is 0 Å². The van der Waals surface area contributed by atoms with Gasteiger partial charge in [0.1, 0.15) is 5.75 Å². The number of unbranched alkanes of at least 4 members (excludes halogenated alkanes) is 2. The van der Waals surface area contributed by atoms with Crippen molar-refractivity contribution in [1.29, 1.82) is 0 Å². The van der Waals surface area contributed by atoms with Gasteiger partial charge in [0.2, 0.25) is 0 Å². The normalized spacial score (nSPS) is 10.3. The number of carbonyl (C=O) groups is 2. The molecular formula is C17H25NO4. The number of amides is 1. The third-order valence-electron chi connectivity index (χ3n) is 3.51. The lowest BCUT2D eigenvalue weighted by atomic mass is 10.1. The largest absolute Gasteiger partial charge is 0.483 e. The Kier molecular flexibility index (Phi) is 7.43. The summed E-state index contributed by atoms with van der Waals surface area (Å²) >= 11 is 0. The number of ether oxygens (including phenoxy) is 1. The molecule has 0 aliphatic carbocycles. The monoisotopic (exact) mass is 307 g/mol. The molecule has 122 valence electrons. The first-order chi connectivity index (χ1) is 10.4. The molecule has 1 amide bonds. The van der Waals surface area contributed by atoms with Crippen molar-refractivity contribution in [2.45, 2.75) is 46.5 Å². The van der Waals surface area contributed by atoms with E-state index in [0.29, 0.717) is 13.0 Å². The second-order valence-electron chi connectivity index (χ2n) is 5.55. The van der Waals surface area contributed by atoms with Gasteiger partial charge in [0.25, 0.3) is 5.91 Å². The van der Waals surface area contributed by atoms with E-state index in [2.05, 4.69) is 11.4 Å². The van der Waals surface area contributed by atoms with E-state index in [1.807, 2.05) is 26.8 Å². The quantitative estimate of drug-likeness (QED) is 0.688.